The standard InChI is InChI=1S/CHNO2S/c2-1(3)5-4/h(H-,2,3)/p+1. The maximum absolute atomic E-state index is 9.24. The third kappa shape index (κ3) is 3.49. The molecule has 0 aliphatic heterocycles. The molecule has 5 heavy (non-hydrogen) atoms. The summed E-state index contributed by atoms with van der Waals surface area (Å²) >= 11 is -0.231. The van der Waals surface area contributed by atoms with Crippen molar-refractivity contribution in [1.29, 1.82) is 0 Å². The van der Waals surface area contributed by atoms with E-state index in [2.05, 4.69) is 5.73 Å². The predicted octanol–water partition coefficient (Wildman–Crippen LogP) is -0.507. The summed E-state index contributed by atoms with van der Waals surface area (Å²) in [7, 11) is 0. The lowest BCUT2D eigenvalue weighted by atomic mass is 11.5. The molecule has 0 spiro atoms. The fourth-order valence-electron chi connectivity index (χ4n) is 0. The maximum Gasteiger partial charge on any atom is 0.572 e. The molecule has 0 atom stereocenters. The van der Waals surface area contributed by atoms with Crippen LogP contribution in [-0.2, 0) is 15.9 Å². The Bertz CT molecular complexity index is 60.7. The van der Waals surface area contributed by atoms with Crippen LogP contribution in [0.25, 0.3) is 0 Å². The molecule has 0 aliphatic rings. The fourth-order valence-corrected chi connectivity index (χ4v) is 0. The lowest BCUT2D eigenvalue weighted by Crippen LogP contribution is -2.03. The molecule has 2 N–H and O–H groups in total. The normalized spacial score (nSPS) is 6.40. The molecule has 3 nitrogen and oxygen atoms in total. The molecule has 0 saturated carbocycles. The average molecular weight is 92.1 g/mol. The van der Waals surface area contributed by atoms with Gasteiger partial charge in [-0.15, -0.1) is 0 Å². The zero-order valence-electron chi connectivity index (χ0n) is 2.30. The smallest absolute Gasteiger partial charge is 0.312 e. The van der Waals surface area contributed by atoms with Gasteiger partial charge in [-0.05, 0) is 0 Å². The highest BCUT2D eigenvalue weighted by Gasteiger charge is 2.04. The van der Waals surface area contributed by atoms with Gasteiger partial charge in [0, 0.05) is 0 Å². The molecule has 0 aromatic heterocycles. The van der Waals surface area contributed by atoms with Gasteiger partial charge < -0.3 is 5.73 Å². The van der Waals surface area contributed by atoms with E-state index in [4.69, 9.17) is 4.21 Å². The Hall–Kier alpha value is -0.510. The molecule has 1 amide bonds. The van der Waals surface area contributed by atoms with Crippen LogP contribution in [-0.4, -0.2) is 5.24 Å². The minimum absolute atomic E-state index is 0.231. The minimum Gasteiger partial charge on any atom is -0.312 e. The van der Waals surface area contributed by atoms with Gasteiger partial charge in [-0.1, -0.05) is 0 Å². The van der Waals surface area contributed by atoms with Crippen LogP contribution in [0.2, 0.25) is 0 Å². The summed E-state index contributed by atoms with van der Waals surface area (Å²) in [5.74, 6) is 0. The fraction of sp³-hybridized carbons (Fsp3) is 0. The highest BCUT2D eigenvalue weighted by Crippen LogP contribution is 1.48. The number of hydrogen-bond acceptors (Lipinski definition) is 2. The number of rotatable bonds is 0. The van der Waals surface area contributed by atoms with Crippen molar-refractivity contribution in [2.45, 2.75) is 0 Å². The molecule has 4 heteroatoms. The zero-order chi connectivity index (χ0) is 4.28. The van der Waals surface area contributed by atoms with Crippen LogP contribution in [0.5, 0.6) is 0 Å². The number of carbonyl (C=O) groups is 1. The Morgan fingerprint density at radius 2 is 2.00 bits per heavy atom. The van der Waals surface area contributed by atoms with Crippen LogP contribution >= 0.6 is 0 Å². The van der Waals surface area contributed by atoms with Crippen molar-refractivity contribution in [1.82, 2.24) is 0 Å². The van der Waals surface area contributed by atoms with E-state index < -0.39 is 5.24 Å². The van der Waals surface area contributed by atoms with E-state index >= 15 is 0 Å². The van der Waals surface area contributed by atoms with Crippen LogP contribution in [0.4, 0.5) is 4.79 Å². The second-order valence-electron chi connectivity index (χ2n) is 0.402. The van der Waals surface area contributed by atoms with Crippen LogP contribution in [0.15, 0.2) is 0 Å². The largest absolute Gasteiger partial charge is 0.572 e. The molecule has 0 fully saturated rings. The molecular formula is CH2NO2S+. The van der Waals surface area contributed by atoms with Crippen molar-refractivity contribution in [3.8, 4) is 0 Å². The van der Waals surface area contributed by atoms with E-state index in [1.807, 2.05) is 0 Å². The second kappa shape index (κ2) is 1.78. The van der Waals surface area contributed by atoms with Gasteiger partial charge in [0.25, 0.3) is 0 Å². The molecule has 0 unspecified atom stereocenters. The quantitative estimate of drug-likeness (QED) is 0.409. The Labute approximate surface area is 32.6 Å². The Morgan fingerprint density at radius 3 is 2.00 bits per heavy atom. The summed E-state index contributed by atoms with van der Waals surface area (Å²) in [4.78, 5) is 9.24. The molecule has 0 rings (SSSR count). The van der Waals surface area contributed by atoms with Crippen molar-refractivity contribution >= 4 is 16.9 Å². The van der Waals surface area contributed by atoms with Gasteiger partial charge in [0.05, 0.1) is 4.21 Å². The molecular weight excluding hydrogens is 90.1 g/mol. The summed E-state index contributed by atoms with van der Waals surface area (Å²) in [5, 5.41) is -0.884. The SMILES string of the molecule is NC(=O)[S+]=O. The van der Waals surface area contributed by atoms with E-state index in [0.29, 0.717) is 0 Å². The van der Waals surface area contributed by atoms with Gasteiger partial charge >= 0.3 is 16.9 Å². The monoisotopic (exact) mass is 92.0 g/mol. The van der Waals surface area contributed by atoms with E-state index in [1.54, 1.807) is 0 Å². The summed E-state index contributed by atoms with van der Waals surface area (Å²) in [5.41, 5.74) is 4.30. The summed E-state index contributed by atoms with van der Waals surface area (Å²) in [6.07, 6.45) is 0. The molecule has 0 saturated heterocycles. The highest BCUT2D eigenvalue weighted by molar-refractivity contribution is 7.82. The molecule has 0 radical (unpaired) electrons. The first-order valence-electron chi connectivity index (χ1n) is 0.864. The van der Waals surface area contributed by atoms with E-state index in [-0.39, 0.29) is 11.7 Å². The van der Waals surface area contributed by atoms with Crippen LogP contribution in [0, 0.1) is 0 Å². The third-order valence-electron chi connectivity index (χ3n) is 0.0821. The molecule has 0 aliphatic carbocycles. The van der Waals surface area contributed by atoms with Crippen molar-refractivity contribution in [2.24, 2.45) is 5.73 Å². The van der Waals surface area contributed by atoms with E-state index in [1.165, 1.54) is 0 Å². The highest BCUT2D eigenvalue weighted by atomic mass is 32.1. The van der Waals surface area contributed by atoms with E-state index in [0.717, 1.165) is 0 Å². The third-order valence-corrected chi connectivity index (χ3v) is 0.246. The van der Waals surface area contributed by atoms with Gasteiger partial charge in [0.15, 0.2) is 0 Å². The maximum atomic E-state index is 9.24. The lowest BCUT2D eigenvalue weighted by molar-refractivity contribution is 0.266. The minimum atomic E-state index is -0.884. The first-order valence-corrected chi connectivity index (χ1v) is 1.61. The van der Waals surface area contributed by atoms with Crippen LogP contribution in [0.3, 0.4) is 0 Å². The first-order chi connectivity index (χ1) is 2.27. The molecule has 0 aromatic carbocycles. The van der Waals surface area contributed by atoms with Gasteiger partial charge in [0.2, 0.25) is 0 Å². The average Bonchev–Trinajstić information content (AvgIpc) is 1.38. The van der Waals surface area contributed by atoms with Gasteiger partial charge in [-0.2, -0.15) is 4.79 Å². The summed E-state index contributed by atoms with van der Waals surface area (Å²) < 4.78 is 9.07. The lowest BCUT2D eigenvalue weighted by Gasteiger charge is -1.40. The van der Waals surface area contributed by atoms with Crippen molar-refractivity contribution in [2.75, 3.05) is 0 Å². The van der Waals surface area contributed by atoms with Gasteiger partial charge in [-0.25, -0.2) is 0 Å². The molecule has 28 valence electrons. The van der Waals surface area contributed by atoms with Crippen molar-refractivity contribution < 1.29 is 9.00 Å². The second-order valence-corrected chi connectivity index (χ2v) is 0.971. The van der Waals surface area contributed by atoms with Crippen molar-refractivity contribution in [3.05, 3.63) is 0 Å². The summed E-state index contributed by atoms with van der Waals surface area (Å²) in [6, 6.07) is 0. The first kappa shape index (κ1) is 4.49. The molecule has 0 bridgehead atoms. The zero-order valence-corrected chi connectivity index (χ0v) is 3.12. The summed E-state index contributed by atoms with van der Waals surface area (Å²) in [6.45, 7) is 0. The van der Waals surface area contributed by atoms with Gasteiger partial charge in [-0.3, -0.25) is 0 Å². The van der Waals surface area contributed by atoms with Crippen LogP contribution < -0.4 is 5.73 Å². The predicted molar refractivity (Wildman–Crippen MR) is 17.6 cm³/mol. The van der Waals surface area contributed by atoms with Crippen LogP contribution in [0.1, 0.15) is 0 Å². The van der Waals surface area contributed by atoms with Gasteiger partial charge in [0.1, 0.15) is 0 Å². The van der Waals surface area contributed by atoms with E-state index in [9.17, 15) is 4.79 Å². The Kier molecular flexibility index (Phi) is 1.60. The Balaban J connectivity index is 3.20. The molecule has 0 aromatic rings. The number of carbonyl (C=O) groups excluding carboxylic acids is 1. The Morgan fingerprint density at radius 1 is 1.80 bits per heavy atom. The topological polar surface area (TPSA) is 60.2 Å². The number of nitrogens with two attached hydrogens (primary N) is 1. The van der Waals surface area contributed by atoms with Crippen molar-refractivity contribution in [3.63, 3.8) is 0 Å². The number of amides is 1. The molecule has 0 heterocycles. The number of hydrogen-bond donors (Lipinski definition) is 1. The number of primary amides is 1.